The highest BCUT2D eigenvalue weighted by Crippen LogP contribution is 2.15. The standard InChI is InChI=1S/C12H26N2O/c1-5-7-10(3)11(15)14-12(4,6-2)8-9-13/h10H,5-9,13H2,1-4H3,(H,14,15). The van der Waals surface area contributed by atoms with Crippen molar-refractivity contribution in [1.29, 1.82) is 0 Å². The van der Waals surface area contributed by atoms with Crippen molar-refractivity contribution in [2.75, 3.05) is 6.54 Å². The van der Waals surface area contributed by atoms with Crippen LogP contribution < -0.4 is 11.1 Å². The molecular weight excluding hydrogens is 188 g/mol. The van der Waals surface area contributed by atoms with Crippen LogP contribution in [-0.2, 0) is 4.79 Å². The summed E-state index contributed by atoms with van der Waals surface area (Å²) in [7, 11) is 0. The fourth-order valence-electron chi connectivity index (χ4n) is 1.63. The summed E-state index contributed by atoms with van der Waals surface area (Å²) in [5, 5.41) is 3.11. The van der Waals surface area contributed by atoms with E-state index in [0.29, 0.717) is 6.54 Å². The Labute approximate surface area is 93.8 Å². The van der Waals surface area contributed by atoms with Gasteiger partial charge in [0.15, 0.2) is 0 Å². The topological polar surface area (TPSA) is 55.1 Å². The summed E-state index contributed by atoms with van der Waals surface area (Å²) in [5.74, 6) is 0.272. The molecule has 0 heterocycles. The molecule has 0 spiro atoms. The van der Waals surface area contributed by atoms with E-state index in [1.54, 1.807) is 0 Å². The van der Waals surface area contributed by atoms with Crippen molar-refractivity contribution in [3.8, 4) is 0 Å². The van der Waals surface area contributed by atoms with Crippen molar-refractivity contribution in [3.63, 3.8) is 0 Å². The predicted octanol–water partition coefficient (Wildman–Crippen LogP) is 2.06. The van der Waals surface area contributed by atoms with Crippen molar-refractivity contribution < 1.29 is 4.79 Å². The van der Waals surface area contributed by atoms with Crippen LogP contribution in [0.5, 0.6) is 0 Å². The molecule has 0 aliphatic carbocycles. The Kier molecular flexibility index (Phi) is 6.57. The van der Waals surface area contributed by atoms with Gasteiger partial charge < -0.3 is 11.1 Å². The highest BCUT2D eigenvalue weighted by atomic mass is 16.2. The van der Waals surface area contributed by atoms with E-state index in [4.69, 9.17) is 5.73 Å². The summed E-state index contributed by atoms with van der Waals surface area (Å²) in [5.41, 5.74) is 5.42. The summed E-state index contributed by atoms with van der Waals surface area (Å²) in [6, 6.07) is 0. The molecule has 1 amide bonds. The molecule has 0 aliphatic heterocycles. The van der Waals surface area contributed by atoms with Gasteiger partial charge in [-0.05, 0) is 32.7 Å². The van der Waals surface area contributed by atoms with Crippen molar-refractivity contribution >= 4 is 5.91 Å². The molecule has 0 fully saturated rings. The van der Waals surface area contributed by atoms with Crippen LogP contribution in [0.3, 0.4) is 0 Å². The molecular formula is C12H26N2O. The number of hydrogen-bond donors (Lipinski definition) is 2. The maximum absolute atomic E-state index is 11.8. The van der Waals surface area contributed by atoms with Gasteiger partial charge >= 0.3 is 0 Å². The average molecular weight is 214 g/mol. The molecule has 0 aliphatic rings. The van der Waals surface area contributed by atoms with E-state index in [9.17, 15) is 4.79 Å². The second-order valence-electron chi connectivity index (χ2n) is 4.63. The third-order valence-electron chi connectivity index (χ3n) is 3.07. The third-order valence-corrected chi connectivity index (χ3v) is 3.07. The van der Waals surface area contributed by atoms with Gasteiger partial charge in [-0.1, -0.05) is 27.2 Å². The zero-order valence-corrected chi connectivity index (χ0v) is 10.6. The van der Waals surface area contributed by atoms with Crippen LogP contribution in [0.25, 0.3) is 0 Å². The van der Waals surface area contributed by atoms with Gasteiger partial charge in [-0.25, -0.2) is 0 Å². The maximum Gasteiger partial charge on any atom is 0.223 e. The van der Waals surface area contributed by atoms with Gasteiger partial charge in [0, 0.05) is 11.5 Å². The van der Waals surface area contributed by atoms with E-state index in [2.05, 4.69) is 26.1 Å². The van der Waals surface area contributed by atoms with E-state index in [0.717, 1.165) is 25.7 Å². The lowest BCUT2D eigenvalue weighted by atomic mass is 9.93. The van der Waals surface area contributed by atoms with Gasteiger partial charge in [0.1, 0.15) is 0 Å². The lowest BCUT2D eigenvalue weighted by Gasteiger charge is -2.30. The number of carbonyl (C=O) groups excluding carboxylic acids is 1. The molecule has 0 aromatic rings. The molecule has 0 aromatic carbocycles. The van der Waals surface area contributed by atoms with Gasteiger partial charge in [-0.3, -0.25) is 4.79 Å². The Bertz CT molecular complexity index is 194. The van der Waals surface area contributed by atoms with Crippen LogP contribution in [0.1, 0.15) is 53.4 Å². The van der Waals surface area contributed by atoms with Crippen LogP contribution >= 0.6 is 0 Å². The fourth-order valence-corrected chi connectivity index (χ4v) is 1.63. The smallest absolute Gasteiger partial charge is 0.223 e. The van der Waals surface area contributed by atoms with E-state index < -0.39 is 0 Å². The second-order valence-corrected chi connectivity index (χ2v) is 4.63. The average Bonchev–Trinajstić information content (AvgIpc) is 2.18. The molecule has 2 atom stereocenters. The summed E-state index contributed by atoms with van der Waals surface area (Å²) in [6.45, 7) is 8.85. The SMILES string of the molecule is CCCC(C)C(=O)NC(C)(CC)CCN. The van der Waals surface area contributed by atoms with E-state index in [1.807, 2.05) is 6.92 Å². The van der Waals surface area contributed by atoms with Crippen LogP contribution in [0.15, 0.2) is 0 Å². The Morgan fingerprint density at radius 1 is 1.47 bits per heavy atom. The molecule has 3 N–H and O–H groups in total. The molecule has 15 heavy (non-hydrogen) atoms. The monoisotopic (exact) mass is 214 g/mol. The molecule has 2 unspecified atom stereocenters. The van der Waals surface area contributed by atoms with Crippen LogP contribution in [0.2, 0.25) is 0 Å². The molecule has 90 valence electrons. The minimum absolute atomic E-state index is 0.110. The highest BCUT2D eigenvalue weighted by molar-refractivity contribution is 5.79. The molecule has 0 bridgehead atoms. The van der Waals surface area contributed by atoms with Crippen LogP contribution in [-0.4, -0.2) is 18.0 Å². The normalized spacial score (nSPS) is 16.9. The van der Waals surface area contributed by atoms with Gasteiger partial charge in [0.05, 0.1) is 0 Å². The number of rotatable bonds is 7. The zero-order chi connectivity index (χ0) is 11.9. The molecule has 0 aromatic heterocycles. The minimum Gasteiger partial charge on any atom is -0.351 e. The Morgan fingerprint density at radius 2 is 2.07 bits per heavy atom. The number of nitrogens with two attached hydrogens (primary N) is 1. The van der Waals surface area contributed by atoms with Crippen LogP contribution in [0, 0.1) is 5.92 Å². The lowest BCUT2D eigenvalue weighted by Crippen LogP contribution is -2.48. The van der Waals surface area contributed by atoms with Crippen molar-refractivity contribution in [2.24, 2.45) is 11.7 Å². The molecule has 0 rings (SSSR count). The van der Waals surface area contributed by atoms with Gasteiger partial charge in [-0.15, -0.1) is 0 Å². The summed E-state index contributed by atoms with van der Waals surface area (Å²) < 4.78 is 0. The van der Waals surface area contributed by atoms with E-state index in [1.165, 1.54) is 0 Å². The van der Waals surface area contributed by atoms with Crippen molar-refractivity contribution in [1.82, 2.24) is 5.32 Å². The molecule has 3 nitrogen and oxygen atoms in total. The maximum atomic E-state index is 11.8. The minimum atomic E-state index is -0.131. The lowest BCUT2D eigenvalue weighted by molar-refractivity contribution is -0.126. The number of carbonyl (C=O) groups is 1. The van der Waals surface area contributed by atoms with Gasteiger partial charge in [0.2, 0.25) is 5.91 Å². The largest absolute Gasteiger partial charge is 0.351 e. The first-order chi connectivity index (χ1) is 6.99. The number of hydrogen-bond acceptors (Lipinski definition) is 2. The van der Waals surface area contributed by atoms with Crippen LogP contribution in [0.4, 0.5) is 0 Å². The predicted molar refractivity (Wildman–Crippen MR) is 64.6 cm³/mol. The van der Waals surface area contributed by atoms with Crippen molar-refractivity contribution in [2.45, 2.75) is 58.9 Å². The Balaban J connectivity index is 4.22. The molecule has 0 saturated heterocycles. The van der Waals surface area contributed by atoms with Crippen molar-refractivity contribution in [3.05, 3.63) is 0 Å². The summed E-state index contributed by atoms with van der Waals surface area (Å²) >= 11 is 0. The number of nitrogens with one attached hydrogen (secondary N) is 1. The van der Waals surface area contributed by atoms with Gasteiger partial charge in [-0.2, -0.15) is 0 Å². The molecule has 3 heteroatoms. The summed E-state index contributed by atoms with van der Waals surface area (Å²) in [6.07, 6.45) is 3.77. The highest BCUT2D eigenvalue weighted by Gasteiger charge is 2.25. The first-order valence-electron chi connectivity index (χ1n) is 6.01. The summed E-state index contributed by atoms with van der Waals surface area (Å²) in [4.78, 5) is 11.8. The van der Waals surface area contributed by atoms with E-state index >= 15 is 0 Å². The fraction of sp³-hybridized carbons (Fsp3) is 0.917. The Hall–Kier alpha value is -0.570. The second kappa shape index (κ2) is 6.83. The van der Waals surface area contributed by atoms with E-state index in [-0.39, 0.29) is 17.4 Å². The first kappa shape index (κ1) is 14.4. The molecule has 0 saturated carbocycles. The quantitative estimate of drug-likeness (QED) is 0.681. The molecule has 0 radical (unpaired) electrons. The zero-order valence-electron chi connectivity index (χ0n) is 10.6. The first-order valence-corrected chi connectivity index (χ1v) is 6.01. The van der Waals surface area contributed by atoms with Gasteiger partial charge in [0.25, 0.3) is 0 Å². The third kappa shape index (κ3) is 5.17. The Morgan fingerprint density at radius 3 is 2.47 bits per heavy atom. The number of amides is 1.